The van der Waals surface area contributed by atoms with Gasteiger partial charge in [-0.25, -0.2) is 0 Å². The summed E-state index contributed by atoms with van der Waals surface area (Å²) in [4.78, 5) is 42.9. The highest BCUT2D eigenvalue weighted by molar-refractivity contribution is 6.04. The first-order valence-electron chi connectivity index (χ1n) is 11.6. The van der Waals surface area contributed by atoms with Crippen molar-refractivity contribution in [3.05, 3.63) is 93.9 Å². The standard InChI is InChI=1S/C27H28N4O3/c1-29(2)22-10-8-20(9-11-22)26(33)30-15-18-14-21(17-30)24-13-12-23(27(34)31(24)16-18)28-25(32)19-6-4-3-5-7-19/h3-13,18,21H,14-17H2,1-2H3,(H,28,32). The third-order valence-corrected chi connectivity index (χ3v) is 6.81. The number of hydrogen-bond donors (Lipinski definition) is 1. The van der Waals surface area contributed by atoms with Crippen molar-refractivity contribution in [3.63, 3.8) is 0 Å². The minimum atomic E-state index is -0.300. The van der Waals surface area contributed by atoms with E-state index in [1.807, 2.05) is 60.3 Å². The van der Waals surface area contributed by atoms with Crippen molar-refractivity contribution in [2.24, 2.45) is 5.92 Å². The monoisotopic (exact) mass is 456 g/mol. The summed E-state index contributed by atoms with van der Waals surface area (Å²) < 4.78 is 1.78. The third-order valence-electron chi connectivity index (χ3n) is 6.81. The summed E-state index contributed by atoms with van der Waals surface area (Å²) in [5.74, 6) is 0.0342. The van der Waals surface area contributed by atoms with Crippen LogP contribution in [0.5, 0.6) is 0 Å². The fourth-order valence-corrected chi connectivity index (χ4v) is 5.08. The Balaban J connectivity index is 1.35. The molecule has 1 N–H and O–H groups in total. The highest BCUT2D eigenvalue weighted by Crippen LogP contribution is 2.36. The molecule has 2 aliphatic rings. The maximum absolute atomic E-state index is 13.2. The Morgan fingerprint density at radius 3 is 2.32 bits per heavy atom. The lowest BCUT2D eigenvalue weighted by Crippen LogP contribution is -2.49. The molecule has 0 aliphatic carbocycles. The molecule has 2 bridgehead atoms. The normalized spacial score (nSPS) is 18.7. The van der Waals surface area contributed by atoms with Crippen LogP contribution in [0.15, 0.2) is 71.5 Å². The quantitative estimate of drug-likeness (QED) is 0.653. The van der Waals surface area contributed by atoms with E-state index in [4.69, 9.17) is 0 Å². The number of rotatable bonds is 4. The minimum absolute atomic E-state index is 0.0301. The summed E-state index contributed by atoms with van der Waals surface area (Å²) in [7, 11) is 3.95. The number of amides is 2. The van der Waals surface area contributed by atoms with E-state index in [1.54, 1.807) is 34.9 Å². The van der Waals surface area contributed by atoms with Crippen molar-refractivity contribution in [1.82, 2.24) is 9.47 Å². The van der Waals surface area contributed by atoms with Crippen molar-refractivity contribution < 1.29 is 9.59 Å². The molecule has 2 unspecified atom stereocenters. The van der Waals surface area contributed by atoms with Crippen LogP contribution in [0, 0.1) is 5.92 Å². The summed E-state index contributed by atoms with van der Waals surface area (Å²) in [5, 5.41) is 2.76. The number of nitrogens with zero attached hydrogens (tertiary/aromatic N) is 3. The molecule has 3 aromatic rings. The summed E-state index contributed by atoms with van der Waals surface area (Å²) in [5.41, 5.74) is 3.27. The number of aromatic nitrogens is 1. The Kier molecular flexibility index (Phi) is 5.69. The van der Waals surface area contributed by atoms with E-state index in [1.165, 1.54) is 0 Å². The Morgan fingerprint density at radius 2 is 1.62 bits per heavy atom. The molecule has 7 heteroatoms. The molecule has 7 nitrogen and oxygen atoms in total. The van der Waals surface area contributed by atoms with Crippen LogP contribution in [0.4, 0.5) is 11.4 Å². The molecular weight excluding hydrogens is 428 g/mol. The van der Waals surface area contributed by atoms with Crippen LogP contribution >= 0.6 is 0 Å². The van der Waals surface area contributed by atoms with Gasteiger partial charge in [0.25, 0.3) is 17.4 Å². The Hall–Kier alpha value is -3.87. The number of anilines is 2. The molecule has 0 spiro atoms. The zero-order valence-corrected chi connectivity index (χ0v) is 19.4. The lowest BCUT2D eigenvalue weighted by atomic mass is 9.83. The van der Waals surface area contributed by atoms with Gasteiger partial charge < -0.3 is 19.7 Å². The molecule has 2 aromatic carbocycles. The predicted octanol–water partition coefficient (Wildman–Crippen LogP) is 3.43. The van der Waals surface area contributed by atoms with Crippen molar-refractivity contribution in [2.75, 3.05) is 37.4 Å². The van der Waals surface area contributed by atoms with Crippen LogP contribution in [0.1, 0.15) is 38.7 Å². The van der Waals surface area contributed by atoms with Crippen molar-refractivity contribution in [1.29, 1.82) is 0 Å². The van der Waals surface area contributed by atoms with Gasteiger partial charge >= 0.3 is 0 Å². The average molecular weight is 457 g/mol. The van der Waals surface area contributed by atoms with E-state index in [0.717, 1.165) is 17.8 Å². The van der Waals surface area contributed by atoms with Crippen LogP contribution < -0.4 is 15.8 Å². The van der Waals surface area contributed by atoms with Crippen molar-refractivity contribution >= 4 is 23.2 Å². The fraction of sp³-hybridized carbons (Fsp3) is 0.296. The van der Waals surface area contributed by atoms with E-state index in [9.17, 15) is 14.4 Å². The zero-order valence-electron chi connectivity index (χ0n) is 19.4. The maximum atomic E-state index is 13.2. The van der Waals surface area contributed by atoms with Crippen LogP contribution in [0.2, 0.25) is 0 Å². The molecular formula is C27H28N4O3. The van der Waals surface area contributed by atoms with Crippen LogP contribution in [0.3, 0.4) is 0 Å². The highest BCUT2D eigenvalue weighted by atomic mass is 16.2. The van der Waals surface area contributed by atoms with Crippen LogP contribution in [-0.4, -0.2) is 48.5 Å². The van der Waals surface area contributed by atoms with Gasteiger partial charge in [0, 0.05) is 62.2 Å². The number of fused-ring (bicyclic) bond motifs is 4. The number of piperidine rings is 1. The van der Waals surface area contributed by atoms with E-state index < -0.39 is 0 Å². The number of carbonyl (C=O) groups excluding carboxylic acids is 2. The summed E-state index contributed by atoms with van der Waals surface area (Å²) in [6.45, 7) is 1.75. The Labute approximate surface area is 198 Å². The van der Waals surface area contributed by atoms with E-state index >= 15 is 0 Å². The van der Waals surface area contributed by atoms with Crippen LogP contribution in [0.25, 0.3) is 0 Å². The number of nitrogens with one attached hydrogen (secondary N) is 1. The summed E-state index contributed by atoms with van der Waals surface area (Å²) in [6.07, 6.45) is 0.957. The van der Waals surface area contributed by atoms with Gasteiger partial charge in [0.05, 0.1) is 0 Å². The fourth-order valence-electron chi connectivity index (χ4n) is 5.08. The molecule has 34 heavy (non-hydrogen) atoms. The molecule has 3 heterocycles. The van der Waals surface area contributed by atoms with Crippen LogP contribution in [-0.2, 0) is 6.54 Å². The largest absolute Gasteiger partial charge is 0.378 e. The van der Waals surface area contributed by atoms with Crippen molar-refractivity contribution in [3.8, 4) is 0 Å². The van der Waals surface area contributed by atoms with Gasteiger partial charge in [-0.05, 0) is 60.9 Å². The Morgan fingerprint density at radius 1 is 0.882 bits per heavy atom. The molecule has 1 fully saturated rings. The average Bonchev–Trinajstić information content (AvgIpc) is 2.86. The number of pyridine rings is 1. The Bertz CT molecular complexity index is 1280. The van der Waals surface area contributed by atoms with E-state index in [2.05, 4.69) is 5.32 Å². The molecule has 174 valence electrons. The lowest BCUT2D eigenvalue weighted by molar-refractivity contribution is 0.0594. The van der Waals surface area contributed by atoms with Crippen molar-refractivity contribution in [2.45, 2.75) is 18.9 Å². The number of likely N-dealkylation sites (tertiary alicyclic amines) is 1. The molecule has 2 atom stereocenters. The molecule has 5 rings (SSSR count). The molecule has 0 radical (unpaired) electrons. The van der Waals surface area contributed by atoms with Gasteiger partial charge in [0.15, 0.2) is 0 Å². The minimum Gasteiger partial charge on any atom is -0.378 e. The smallest absolute Gasteiger partial charge is 0.274 e. The van der Waals surface area contributed by atoms with E-state index in [-0.39, 0.29) is 34.9 Å². The number of benzene rings is 2. The third kappa shape index (κ3) is 4.09. The highest BCUT2D eigenvalue weighted by Gasteiger charge is 2.37. The molecule has 1 aromatic heterocycles. The van der Waals surface area contributed by atoms with Gasteiger partial charge in [-0.15, -0.1) is 0 Å². The lowest BCUT2D eigenvalue weighted by Gasteiger charge is -2.43. The molecule has 0 saturated carbocycles. The molecule has 1 saturated heterocycles. The van der Waals surface area contributed by atoms with Gasteiger partial charge in [-0.1, -0.05) is 18.2 Å². The first-order valence-corrected chi connectivity index (χ1v) is 11.6. The first kappa shape index (κ1) is 21.9. The molecule has 2 aliphatic heterocycles. The number of carbonyl (C=O) groups is 2. The maximum Gasteiger partial charge on any atom is 0.274 e. The predicted molar refractivity (Wildman–Crippen MR) is 133 cm³/mol. The number of hydrogen-bond acceptors (Lipinski definition) is 4. The van der Waals surface area contributed by atoms with Gasteiger partial charge in [-0.2, -0.15) is 0 Å². The molecule has 2 amide bonds. The second kappa shape index (κ2) is 8.82. The van der Waals surface area contributed by atoms with Gasteiger partial charge in [0.1, 0.15) is 5.69 Å². The second-order valence-corrected chi connectivity index (χ2v) is 9.36. The second-order valence-electron chi connectivity index (χ2n) is 9.36. The topological polar surface area (TPSA) is 74.7 Å². The van der Waals surface area contributed by atoms with E-state index in [0.29, 0.717) is 30.8 Å². The zero-order chi connectivity index (χ0) is 23.8. The van der Waals surface area contributed by atoms with Gasteiger partial charge in [0.2, 0.25) is 0 Å². The summed E-state index contributed by atoms with van der Waals surface area (Å²) >= 11 is 0. The first-order chi connectivity index (χ1) is 16.4. The summed E-state index contributed by atoms with van der Waals surface area (Å²) in [6, 6.07) is 20.1. The SMILES string of the molecule is CN(C)c1ccc(C(=O)N2CC3CC(C2)c2ccc(NC(=O)c4ccccc4)c(=O)n2C3)cc1. The van der Waals surface area contributed by atoms with Gasteiger partial charge in [-0.3, -0.25) is 14.4 Å².